The largest absolute Gasteiger partial charge is 0.508 e. The molecule has 0 aliphatic carbocycles. The molecule has 4 rings (SSSR count). The number of phenolic OH excluding ortho intramolecular Hbond substituents is 1. The van der Waals surface area contributed by atoms with Gasteiger partial charge in [0, 0.05) is 18.8 Å². The predicted octanol–water partition coefficient (Wildman–Crippen LogP) is 2.33. The van der Waals surface area contributed by atoms with Gasteiger partial charge in [-0.2, -0.15) is 0 Å². The number of benzene rings is 3. The van der Waals surface area contributed by atoms with Crippen molar-refractivity contribution < 1.29 is 14.8 Å². The molecular weight excluding hydrogens is 386 g/mol. The fraction of sp³-hybridized carbons (Fsp3) is 0.269. The Hall–Kier alpha value is -3.31. The van der Waals surface area contributed by atoms with E-state index in [1.165, 1.54) is 4.90 Å². The van der Waals surface area contributed by atoms with Crippen LogP contribution in [0.15, 0.2) is 84.9 Å². The van der Waals surface area contributed by atoms with Crippen LogP contribution in [0.1, 0.15) is 11.1 Å². The highest BCUT2D eigenvalue weighted by Crippen LogP contribution is 2.18. The van der Waals surface area contributed by atoms with Crippen molar-refractivity contribution in [1.29, 1.82) is 0 Å². The fourth-order valence-electron chi connectivity index (χ4n) is 4.09. The fourth-order valence-corrected chi connectivity index (χ4v) is 4.09. The third-order valence-corrected chi connectivity index (χ3v) is 5.87. The maximum atomic E-state index is 13.3. The number of carbonyl (C=O) groups is 1. The minimum absolute atomic E-state index is 0.195. The van der Waals surface area contributed by atoms with Crippen LogP contribution >= 0.6 is 0 Å². The number of nitrogens with one attached hydrogen (secondary N) is 1. The molecule has 0 aromatic heterocycles. The number of amides is 1. The molecule has 5 nitrogen and oxygen atoms in total. The van der Waals surface area contributed by atoms with Gasteiger partial charge in [-0.25, -0.2) is 0 Å². The normalized spacial score (nSPS) is 14.4. The third kappa shape index (κ3) is 5.86. The van der Waals surface area contributed by atoms with E-state index in [2.05, 4.69) is 29.2 Å². The minimum Gasteiger partial charge on any atom is -0.508 e. The van der Waals surface area contributed by atoms with Gasteiger partial charge in [-0.05, 0) is 35.4 Å². The highest BCUT2D eigenvalue weighted by atomic mass is 16.3. The van der Waals surface area contributed by atoms with E-state index in [0.29, 0.717) is 19.6 Å². The summed E-state index contributed by atoms with van der Waals surface area (Å²) in [7, 11) is 0. The van der Waals surface area contributed by atoms with Gasteiger partial charge in [-0.15, -0.1) is 0 Å². The maximum Gasteiger partial charge on any atom is 0.278 e. The van der Waals surface area contributed by atoms with Crippen LogP contribution in [0.2, 0.25) is 0 Å². The first-order valence-corrected chi connectivity index (χ1v) is 10.9. The molecule has 1 fully saturated rings. The Balaban J connectivity index is 1.37. The molecule has 1 aliphatic rings. The van der Waals surface area contributed by atoms with Crippen LogP contribution in [0.25, 0.3) is 0 Å². The minimum atomic E-state index is 0.195. The molecule has 1 saturated heterocycles. The molecule has 31 heavy (non-hydrogen) atoms. The van der Waals surface area contributed by atoms with Crippen molar-refractivity contribution in [2.75, 3.05) is 37.6 Å². The number of quaternary nitrogens is 1. The molecular formula is C26H30N3O2+. The predicted molar refractivity (Wildman–Crippen MR) is 123 cm³/mol. The van der Waals surface area contributed by atoms with Gasteiger partial charge in [0.05, 0.1) is 26.2 Å². The van der Waals surface area contributed by atoms with Crippen LogP contribution in [0, 0.1) is 0 Å². The summed E-state index contributed by atoms with van der Waals surface area (Å²) in [6.07, 6.45) is 0. The molecule has 0 atom stereocenters. The van der Waals surface area contributed by atoms with E-state index >= 15 is 0 Å². The van der Waals surface area contributed by atoms with Gasteiger partial charge in [0.1, 0.15) is 5.75 Å². The number of piperazine rings is 1. The summed E-state index contributed by atoms with van der Waals surface area (Å²) in [6.45, 7) is 5.44. The van der Waals surface area contributed by atoms with E-state index in [9.17, 15) is 9.90 Å². The second-order valence-electron chi connectivity index (χ2n) is 8.15. The van der Waals surface area contributed by atoms with E-state index in [4.69, 9.17) is 0 Å². The number of rotatable bonds is 7. The molecule has 1 aliphatic heterocycles. The van der Waals surface area contributed by atoms with Crippen molar-refractivity contribution in [3.8, 4) is 5.75 Å². The molecule has 0 saturated carbocycles. The average Bonchev–Trinajstić information content (AvgIpc) is 2.81. The summed E-state index contributed by atoms with van der Waals surface area (Å²) in [4.78, 5) is 18.9. The van der Waals surface area contributed by atoms with E-state index < -0.39 is 0 Å². The van der Waals surface area contributed by atoms with Gasteiger partial charge in [0.15, 0.2) is 6.54 Å². The Morgan fingerprint density at radius 2 is 1.32 bits per heavy atom. The summed E-state index contributed by atoms with van der Waals surface area (Å²) in [5.74, 6) is 0.483. The topological polar surface area (TPSA) is 48.2 Å². The Morgan fingerprint density at radius 3 is 1.84 bits per heavy atom. The quantitative estimate of drug-likeness (QED) is 0.622. The zero-order chi connectivity index (χ0) is 21.5. The van der Waals surface area contributed by atoms with Gasteiger partial charge in [-0.1, -0.05) is 60.7 Å². The zero-order valence-electron chi connectivity index (χ0n) is 17.8. The first kappa shape index (κ1) is 20.9. The molecule has 2 N–H and O–H groups in total. The molecule has 0 bridgehead atoms. The SMILES string of the molecule is O=C(C[NH+]1CCN(c2ccc(O)cc2)CC1)N(Cc1ccccc1)Cc1ccccc1. The summed E-state index contributed by atoms with van der Waals surface area (Å²) >= 11 is 0. The lowest BCUT2D eigenvalue weighted by Gasteiger charge is -2.34. The average molecular weight is 417 g/mol. The highest BCUT2D eigenvalue weighted by Gasteiger charge is 2.25. The number of carbonyl (C=O) groups excluding carboxylic acids is 1. The van der Waals surface area contributed by atoms with Crippen molar-refractivity contribution in [2.24, 2.45) is 0 Å². The number of phenols is 1. The molecule has 0 radical (unpaired) electrons. The van der Waals surface area contributed by atoms with Crippen molar-refractivity contribution in [3.05, 3.63) is 96.1 Å². The molecule has 3 aromatic carbocycles. The van der Waals surface area contributed by atoms with Crippen LogP contribution in [0.4, 0.5) is 5.69 Å². The molecule has 3 aromatic rings. The lowest BCUT2D eigenvalue weighted by Crippen LogP contribution is -3.15. The lowest BCUT2D eigenvalue weighted by molar-refractivity contribution is -0.892. The molecule has 1 amide bonds. The monoisotopic (exact) mass is 416 g/mol. The van der Waals surface area contributed by atoms with Crippen molar-refractivity contribution >= 4 is 11.6 Å². The van der Waals surface area contributed by atoms with Crippen LogP contribution in [0.3, 0.4) is 0 Å². The van der Waals surface area contributed by atoms with Gasteiger partial charge in [0.2, 0.25) is 0 Å². The van der Waals surface area contributed by atoms with E-state index in [0.717, 1.165) is 43.0 Å². The van der Waals surface area contributed by atoms with E-state index in [1.54, 1.807) is 12.1 Å². The number of nitrogens with zero attached hydrogens (tertiary/aromatic N) is 2. The Labute approximate surface area is 184 Å². The smallest absolute Gasteiger partial charge is 0.278 e. The summed E-state index contributed by atoms with van der Waals surface area (Å²) < 4.78 is 0. The van der Waals surface area contributed by atoms with Crippen molar-refractivity contribution in [3.63, 3.8) is 0 Å². The highest BCUT2D eigenvalue weighted by molar-refractivity contribution is 5.77. The molecule has 1 heterocycles. The Morgan fingerprint density at radius 1 is 0.806 bits per heavy atom. The Bertz CT molecular complexity index is 911. The standard InChI is InChI=1S/C26H29N3O2/c30-25-13-11-24(12-14-25)28-17-15-27(16-18-28)21-26(31)29(19-22-7-3-1-4-8-22)20-23-9-5-2-6-10-23/h1-14,30H,15-21H2/p+1. The van der Waals surface area contributed by atoms with E-state index in [-0.39, 0.29) is 11.7 Å². The third-order valence-electron chi connectivity index (χ3n) is 5.87. The van der Waals surface area contributed by atoms with Crippen molar-refractivity contribution in [1.82, 2.24) is 4.90 Å². The number of aromatic hydroxyl groups is 1. The van der Waals surface area contributed by atoms with Gasteiger partial charge >= 0.3 is 0 Å². The molecule has 160 valence electrons. The van der Waals surface area contributed by atoms with Gasteiger partial charge in [0.25, 0.3) is 5.91 Å². The molecule has 5 heteroatoms. The Kier molecular flexibility index (Phi) is 6.85. The van der Waals surface area contributed by atoms with Crippen LogP contribution in [-0.2, 0) is 17.9 Å². The number of hydrogen-bond donors (Lipinski definition) is 2. The summed E-state index contributed by atoms with van der Waals surface area (Å²) in [5.41, 5.74) is 3.43. The summed E-state index contributed by atoms with van der Waals surface area (Å²) in [6, 6.07) is 27.8. The van der Waals surface area contributed by atoms with Crippen molar-refractivity contribution in [2.45, 2.75) is 13.1 Å². The molecule has 0 unspecified atom stereocenters. The zero-order valence-corrected chi connectivity index (χ0v) is 17.8. The van der Waals surface area contributed by atoms with E-state index in [1.807, 2.05) is 53.4 Å². The first-order valence-electron chi connectivity index (χ1n) is 10.9. The number of anilines is 1. The second-order valence-corrected chi connectivity index (χ2v) is 8.15. The van der Waals surface area contributed by atoms with Gasteiger partial charge < -0.3 is 19.8 Å². The number of hydrogen-bond acceptors (Lipinski definition) is 3. The second kappa shape index (κ2) is 10.1. The summed E-state index contributed by atoms with van der Waals surface area (Å²) in [5, 5.41) is 9.49. The van der Waals surface area contributed by atoms with Crippen LogP contribution in [0.5, 0.6) is 5.75 Å². The molecule has 0 spiro atoms. The van der Waals surface area contributed by atoms with Crippen LogP contribution in [-0.4, -0.2) is 48.6 Å². The maximum absolute atomic E-state index is 13.3. The van der Waals surface area contributed by atoms with Gasteiger partial charge in [-0.3, -0.25) is 4.79 Å². The van der Waals surface area contributed by atoms with Crippen LogP contribution < -0.4 is 9.80 Å². The first-order chi connectivity index (χ1) is 15.2. The lowest BCUT2D eigenvalue weighted by atomic mass is 10.1.